The van der Waals surface area contributed by atoms with Crippen LogP contribution >= 0.6 is 24.0 Å². The van der Waals surface area contributed by atoms with Crippen LogP contribution in [-0.4, -0.2) is 58.7 Å². The monoisotopic (exact) mass is 523 g/mol. The molecule has 1 aliphatic rings. The molecule has 0 atom stereocenters. The number of aromatic nitrogens is 3. The van der Waals surface area contributed by atoms with Gasteiger partial charge in [0.05, 0.1) is 0 Å². The summed E-state index contributed by atoms with van der Waals surface area (Å²) in [5.74, 6) is 1.26. The first-order valence-corrected chi connectivity index (χ1v) is 9.48. The van der Waals surface area contributed by atoms with Crippen molar-refractivity contribution in [2.45, 2.75) is 6.42 Å². The Morgan fingerprint density at radius 1 is 1.10 bits per heavy atom. The lowest BCUT2D eigenvalue weighted by molar-refractivity contribution is 0.380. The summed E-state index contributed by atoms with van der Waals surface area (Å²) < 4.78 is 18.3. The van der Waals surface area contributed by atoms with Crippen LogP contribution in [0.4, 0.5) is 10.1 Å². The molecule has 30 heavy (non-hydrogen) atoms. The molecule has 1 aromatic carbocycles. The van der Waals surface area contributed by atoms with Crippen LogP contribution in [0.1, 0.15) is 5.82 Å². The summed E-state index contributed by atoms with van der Waals surface area (Å²) >= 11 is 0. The SMILES string of the molecule is I.NC(=NCCc1noc(-c2ccccn2)n1)N1CCN(c2ccc(F)cc2)CC1. The summed E-state index contributed by atoms with van der Waals surface area (Å²) in [7, 11) is 0. The van der Waals surface area contributed by atoms with Crippen molar-refractivity contribution < 1.29 is 8.91 Å². The molecule has 3 heterocycles. The Hall–Kier alpha value is -2.76. The minimum atomic E-state index is -0.225. The predicted molar refractivity (Wildman–Crippen MR) is 123 cm³/mol. The largest absolute Gasteiger partial charge is 0.370 e. The fourth-order valence-electron chi connectivity index (χ4n) is 3.16. The molecule has 0 unspecified atom stereocenters. The summed E-state index contributed by atoms with van der Waals surface area (Å²) in [6.07, 6.45) is 2.21. The van der Waals surface area contributed by atoms with Gasteiger partial charge in [0.25, 0.3) is 5.89 Å². The number of benzene rings is 1. The number of rotatable bonds is 5. The zero-order chi connectivity index (χ0) is 20.1. The number of piperazine rings is 1. The van der Waals surface area contributed by atoms with E-state index >= 15 is 0 Å². The Morgan fingerprint density at radius 2 is 1.87 bits per heavy atom. The lowest BCUT2D eigenvalue weighted by atomic mass is 10.2. The quantitative estimate of drug-likeness (QED) is 0.312. The van der Waals surface area contributed by atoms with Crippen molar-refractivity contribution in [3.8, 4) is 11.6 Å². The second-order valence-corrected chi connectivity index (χ2v) is 6.67. The molecule has 0 spiro atoms. The molecule has 0 saturated carbocycles. The number of hydrogen-bond acceptors (Lipinski definition) is 6. The molecule has 2 aromatic heterocycles. The van der Waals surface area contributed by atoms with E-state index in [4.69, 9.17) is 10.3 Å². The van der Waals surface area contributed by atoms with E-state index in [0.29, 0.717) is 36.3 Å². The van der Waals surface area contributed by atoms with E-state index in [0.717, 1.165) is 31.9 Å². The zero-order valence-electron chi connectivity index (χ0n) is 16.3. The van der Waals surface area contributed by atoms with Crippen molar-refractivity contribution >= 4 is 35.6 Å². The Morgan fingerprint density at radius 3 is 2.57 bits per heavy atom. The molecule has 0 radical (unpaired) electrons. The van der Waals surface area contributed by atoms with Gasteiger partial charge < -0.3 is 20.1 Å². The number of pyridine rings is 1. The highest BCUT2D eigenvalue weighted by Crippen LogP contribution is 2.17. The molecule has 2 N–H and O–H groups in total. The Bertz CT molecular complexity index is 957. The first-order valence-electron chi connectivity index (χ1n) is 9.48. The molecular formula is C20H23FIN7O. The molecule has 158 valence electrons. The van der Waals surface area contributed by atoms with Gasteiger partial charge in [0, 0.05) is 51.0 Å². The smallest absolute Gasteiger partial charge is 0.276 e. The molecule has 4 rings (SSSR count). The van der Waals surface area contributed by atoms with Crippen molar-refractivity contribution in [2.24, 2.45) is 10.7 Å². The van der Waals surface area contributed by atoms with Crippen LogP contribution < -0.4 is 10.6 Å². The van der Waals surface area contributed by atoms with E-state index in [1.165, 1.54) is 12.1 Å². The lowest BCUT2D eigenvalue weighted by Crippen LogP contribution is -2.51. The third-order valence-corrected chi connectivity index (χ3v) is 4.76. The first-order chi connectivity index (χ1) is 14.2. The highest BCUT2D eigenvalue weighted by atomic mass is 127. The molecule has 1 aliphatic heterocycles. The second-order valence-electron chi connectivity index (χ2n) is 6.67. The third-order valence-electron chi connectivity index (χ3n) is 4.76. The van der Waals surface area contributed by atoms with E-state index in [2.05, 4.69) is 29.9 Å². The van der Waals surface area contributed by atoms with Crippen molar-refractivity contribution in [3.63, 3.8) is 0 Å². The number of nitrogens with zero attached hydrogens (tertiary/aromatic N) is 6. The van der Waals surface area contributed by atoms with Crippen LogP contribution in [-0.2, 0) is 6.42 Å². The number of hydrogen-bond donors (Lipinski definition) is 1. The molecule has 0 bridgehead atoms. The van der Waals surface area contributed by atoms with Crippen molar-refractivity contribution in [2.75, 3.05) is 37.6 Å². The van der Waals surface area contributed by atoms with Crippen LogP contribution in [0, 0.1) is 5.82 Å². The average molecular weight is 523 g/mol. The van der Waals surface area contributed by atoms with Gasteiger partial charge in [0.2, 0.25) is 0 Å². The lowest BCUT2D eigenvalue weighted by Gasteiger charge is -2.36. The van der Waals surface area contributed by atoms with E-state index in [9.17, 15) is 4.39 Å². The number of anilines is 1. The highest BCUT2D eigenvalue weighted by Gasteiger charge is 2.18. The number of halogens is 2. The number of aliphatic imine (C=N–C) groups is 1. The van der Waals surface area contributed by atoms with Gasteiger partial charge >= 0.3 is 0 Å². The van der Waals surface area contributed by atoms with Gasteiger partial charge in [-0.15, -0.1) is 24.0 Å². The normalized spacial score (nSPS) is 14.5. The minimum Gasteiger partial charge on any atom is -0.370 e. The zero-order valence-corrected chi connectivity index (χ0v) is 18.6. The minimum absolute atomic E-state index is 0. The van der Waals surface area contributed by atoms with Gasteiger partial charge in [-0.1, -0.05) is 11.2 Å². The van der Waals surface area contributed by atoms with Gasteiger partial charge in [-0.25, -0.2) is 4.39 Å². The molecule has 0 amide bonds. The van der Waals surface area contributed by atoms with E-state index < -0.39 is 0 Å². The van der Waals surface area contributed by atoms with Gasteiger partial charge in [-0.3, -0.25) is 9.98 Å². The van der Waals surface area contributed by atoms with Crippen LogP contribution in [0.15, 0.2) is 58.2 Å². The van der Waals surface area contributed by atoms with Crippen molar-refractivity contribution in [3.05, 3.63) is 60.3 Å². The predicted octanol–water partition coefficient (Wildman–Crippen LogP) is 2.57. The fraction of sp³-hybridized carbons (Fsp3) is 0.300. The van der Waals surface area contributed by atoms with Crippen LogP contribution in [0.3, 0.4) is 0 Å². The molecular weight excluding hydrogens is 500 g/mol. The van der Waals surface area contributed by atoms with E-state index in [1.807, 2.05) is 18.2 Å². The van der Waals surface area contributed by atoms with Gasteiger partial charge in [-0.2, -0.15) is 4.98 Å². The van der Waals surface area contributed by atoms with E-state index in [1.54, 1.807) is 18.3 Å². The Balaban J connectivity index is 0.00000256. The summed E-state index contributed by atoms with van der Waals surface area (Å²) in [6, 6.07) is 12.1. The maximum Gasteiger partial charge on any atom is 0.276 e. The Kier molecular flexibility index (Phi) is 7.55. The van der Waals surface area contributed by atoms with Crippen molar-refractivity contribution in [1.82, 2.24) is 20.0 Å². The van der Waals surface area contributed by atoms with Crippen LogP contribution in [0.5, 0.6) is 0 Å². The van der Waals surface area contributed by atoms with Gasteiger partial charge in [0.1, 0.15) is 11.5 Å². The van der Waals surface area contributed by atoms with Crippen LogP contribution in [0.2, 0.25) is 0 Å². The summed E-state index contributed by atoms with van der Waals surface area (Å²) in [5.41, 5.74) is 7.81. The summed E-state index contributed by atoms with van der Waals surface area (Å²) in [6.45, 7) is 3.61. The van der Waals surface area contributed by atoms with Gasteiger partial charge in [-0.05, 0) is 36.4 Å². The maximum absolute atomic E-state index is 13.1. The second kappa shape index (κ2) is 10.3. The summed E-state index contributed by atoms with van der Waals surface area (Å²) in [4.78, 5) is 17.2. The molecule has 1 fully saturated rings. The third kappa shape index (κ3) is 5.43. The number of nitrogens with two attached hydrogens (primary N) is 1. The fourth-order valence-corrected chi connectivity index (χ4v) is 3.16. The van der Waals surface area contributed by atoms with E-state index in [-0.39, 0.29) is 29.8 Å². The average Bonchev–Trinajstić information content (AvgIpc) is 3.24. The number of guanidine groups is 1. The van der Waals surface area contributed by atoms with Gasteiger partial charge in [0.15, 0.2) is 11.8 Å². The standard InChI is InChI=1S/C20H22FN7O.HI/c21-15-4-6-16(7-5-15)27-11-13-28(14-12-27)20(22)24-10-8-18-25-19(29-26-18)17-3-1-2-9-23-17;/h1-7,9H,8,10-14H2,(H2,22,24);1H. The maximum atomic E-state index is 13.1. The molecule has 3 aromatic rings. The molecule has 10 heteroatoms. The molecule has 1 saturated heterocycles. The van der Waals surface area contributed by atoms with Crippen molar-refractivity contribution in [1.29, 1.82) is 0 Å². The molecule has 8 nitrogen and oxygen atoms in total. The summed E-state index contributed by atoms with van der Waals surface area (Å²) in [5, 5.41) is 3.97. The first kappa shape index (κ1) is 21.9. The Labute approximate surface area is 191 Å². The molecule has 0 aliphatic carbocycles. The topological polar surface area (TPSA) is 96.7 Å². The van der Waals surface area contributed by atoms with Crippen LogP contribution in [0.25, 0.3) is 11.6 Å². The highest BCUT2D eigenvalue weighted by molar-refractivity contribution is 14.0.